The maximum Gasteiger partial charge on any atom is 0.229 e. The van der Waals surface area contributed by atoms with E-state index in [0.717, 1.165) is 0 Å². The molecule has 2 heteroatoms. The van der Waals surface area contributed by atoms with Crippen LogP contribution in [-0.4, -0.2) is 24.9 Å². The molecule has 0 spiro atoms. The molecule has 0 aromatic carbocycles. The van der Waals surface area contributed by atoms with E-state index in [1.807, 2.05) is 6.92 Å². The van der Waals surface area contributed by atoms with Gasteiger partial charge < -0.3 is 4.90 Å². The van der Waals surface area contributed by atoms with Gasteiger partial charge in [0, 0.05) is 14.1 Å². The summed E-state index contributed by atoms with van der Waals surface area (Å²) in [5, 5.41) is 0. The third kappa shape index (κ3) is 2.51. The molecule has 1 unspecified atom stereocenters. The van der Waals surface area contributed by atoms with E-state index >= 15 is 0 Å². The fourth-order valence-corrected chi connectivity index (χ4v) is 0.655. The molecule has 0 aliphatic heterocycles. The maximum absolute atomic E-state index is 11.1. The van der Waals surface area contributed by atoms with Crippen molar-refractivity contribution < 1.29 is 4.79 Å². The van der Waals surface area contributed by atoms with E-state index < -0.39 is 0 Å². The summed E-state index contributed by atoms with van der Waals surface area (Å²) < 4.78 is 0. The lowest BCUT2D eigenvalue weighted by Crippen LogP contribution is -2.26. The average Bonchev–Trinajstić information content (AvgIpc) is 1.87. The van der Waals surface area contributed by atoms with Crippen LogP contribution in [-0.2, 0) is 4.79 Å². The molecule has 0 rings (SSSR count). The van der Waals surface area contributed by atoms with Crippen LogP contribution in [0.15, 0.2) is 18.4 Å². The van der Waals surface area contributed by atoms with E-state index in [4.69, 9.17) is 0 Å². The topological polar surface area (TPSA) is 20.3 Å². The SMILES string of the molecule is C=C=CC(C)C(=O)N(C)C. The summed E-state index contributed by atoms with van der Waals surface area (Å²) in [7, 11) is 3.46. The molecule has 0 saturated heterocycles. The number of rotatable bonds is 2. The quantitative estimate of drug-likeness (QED) is 0.524. The lowest BCUT2D eigenvalue weighted by atomic mass is 10.1. The van der Waals surface area contributed by atoms with Crippen molar-refractivity contribution in [3.05, 3.63) is 18.4 Å². The van der Waals surface area contributed by atoms with Crippen LogP contribution < -0.4 is 0 Å². The molecular formula is C8H13NO. The molecule has 0 aliphatic rings. The van der Waals surface area contributed by atoms with Gasteiger partial charge in [0.25, 0.3) is 0 Å². The first-order chi connectivity index (χ1) is 4.59. The van der Waals surface area contributed by atoms with Crippen molar-refractivity contribution in [3.8, 4) is 0 Å². The normalized spacial score (nSPS) is 11.5. The minimum Gasteiger partial charge on any atom is -0.348 e. The maximum atomic E-state index is 11.1. The fourth-order valence-electron chi connectivity index (χ4n) is 0.655. The molecule has 0 aliphatic carbocycles. The molecule has 56 valence electrons. The second-order valence-electron chi connectivity index (χ2n) is 2.39. The summed E-state index contributed by atoms with van der Waals surface area (Å²) in [6.07, 6.45) is 1.66. The first kappa shape index (κ1) is 8.99. The first-order valence-electron chi connectivity index (χ1n) is 3.16. The predicted molar refractivity (Wildman–Crippen MR) is 41.6 cm³/mol. The van der Waals surface area contributed by atoms with Crippen molar-refractivity contribution in [1.29, 1.82) is 0 Å². The van der Waals surface area contributed by atoms with E-state index in [1.54, 1.807) is 25.1 Å². The molecule has 0 bridgehead atoms. The molecule has 0 N–H and O–H groups in total. The van der Waals surface area contributed by atoms with Gasteiger partial charge in [-0.25, -0.2) is 0 Å². The summed E-state index contributed by atoms with van der Waals surface area (Å²) in [6, 6.07) is 0. The summed E-state index contributed by atoms with van der Waals surface area (Å²) in [6.45, 7) is 5.21. The van der Waals surface area contributed by atoms with E-state index in [0.29, 0.717) is 0 Å². The van der Waals surface area contributed by atoms with E-state index in [-0.39, 0.29) is 11.8 Å². The Morgan fingerprint density at radius 3 is 2.50 bits per heavy atom. The van der Waals surface area contributed by atoms with Crippen LogP contribution in [0.25, 0.3) is 0 Å². The summed E-state index contributed by atoms with van der Waals surface area (Å²) >= 11 is 0. The van der Waals surface area contributed by atoms with Crippen molar-refractivity contribution in [3.63, 3.8) is 0 Å². The van der Waals surface area contributed by atoms with Gasteiger partial charge in [-0.3, -0.25) is 4.79 Å². The minimum atomic E-state index is -0.104. The lowest BCUT2D eigenvalue weighted by molar-refractivity contribution is -0.130. The first-order valence-corrected chi connectivity index (χ1v) is 3.16. The predicted octanol–water partition coefficient (Wildman–Crippen LogP) is 1.05. The van der Waals surface area contributed by atoms with Gasteiger partial charge in [0.2, 0.25) is 5.91 Å². The van der Waals surface area contributed by atoms with Crippen LogP contribution in [0.5, 0.6) is 0 Å². The zero-order chi connectivity index (χ0) is 8.15. The van der Waals surface area contributed by atoms with Crippen LogP contribution in [0.3, 0.4) is 0 Å². The highest BCUT2D eigenvalue weighted by molar-refractivity contribution is 5.79. The molecule has 10 heavy (non-hydrogen) atoms. The zero-order valence-corrected chi connectivity index (χ0v) is 6.72. The van der Waals surface area contributed by atoms with Crippen LogP contribution in [0.2, 0.25) is 0 Å². The summed E-state index contributed by atoms with van der Waals surface area (Å²) in [5.74, 6) is -0.0244. The Morgan fingerprint density at radius 2 is 2.20 bits per heavy atom. The van der Waals surface area contributed by atoms with Gasteiger partial charge in [-0.2, -0.15) is 0 Å². The summed E-state index contributed by atoms with van der Waals surface area (Å²) in [4.78, 5) is 12.6. The summed E-state index contributed by atoms with van der Waals surface area (Å²) in [5.41, 5.74) is 2.58. The molecule has 0 fully saturated rings. The van der Waals surface area contributed by atoms with Gasteiger partial charge >= 0.3 is 0 Å². The molecule has 0 aromatic rings. The highest BCUT2D eigenvalue weighted by Gasteiger charge is 2.09. The van der Waals surface area contributed by atoms with Gasteiger partial charge in [0.1, 0.15) is 0 Å². The molecule has 0 heterocycles. The van der Waals surface area contributed by atoms with Crippen molar-refractivity contribution >= 4 is 5.91 Å². The van der Waals surface area contributed by atoms with E-state index in [9.17, 15) is 4.79 Å². The molecule has 0 aromatic heterocycles. The van der Waals surface area contributed by atoms with Gasteiger partial charge in [-0.15, -0.1) is 5.73 Å². The molecule has 1 amide bonds. The van der Waals surface area contributed by atoms with Crippen molar-refractivity contribution in [1.82, 2.24) is 4.90 Å². The highest BCUT2D eigenvalue weighted by Crippen LogP contribution is 1.98. The van der Waals surface area contributed by atoms with Crippen LogP contribution >= 0.6 is 0 Å². The average molecular weight is 139 g/mol. The highest BCUT2D eigenvalue weighted by atomic mass is 16.2. The minimum absolute atomic E-state index is 0.0798. The Balaban J connectivity index is 4.07. The third-order valence-electron chi connectivity index (χ3n) is 1.20. The zero-order valence-electron chi connectivity index (χ0n) is 6.72. The van der Waals surface area contributed by atoms with Gasteiger partial charge in [-0.1, -0.05) is 6.58 Å². The third-order valence-corrected chi connectivity index (χ3v) is 1.20. The Bertz CT molecular complexity index is 166. The van der Waals surface area contributed by atoms with Crippen molar-refractivity contribution in [2.24, 2.45) is 5.92 Å². The Morgan fingerprint density at radius 1 is 1.70 bits per heavy atom. The Kier molecular flexibility index (Phi) is 3.52. The molecular weight excluding hydrogens is 126 g/mol. The molecule has 0 radical (unpaired) electrons. The van der Waals surface area contributed by atoms with Crippen LogP contribution in [0.4, 0.5) is 0 Å². The van der Waals surface area contributed by atoms with Crippen molar-refractivity contribution in [2.75, 3.05) is 14.1 Å². The second-order valence-corrected chi connectivity index (χ2v) is 2.39. The van der Waals surface area contributed by atoms with E-state index in [2.05, 4.69) is 12.3 Å². The molecule has 1 atom stereocenters. The number of carbonyl (C=O) groups excluding carboxylic acids is 1. The van der Waals surface area contributed by atoms with Crippen LogP contribution in [0.1, 0.15) is 6.92 Å². The number of hydrogen-bond acceptors (Lipinski definition) is 1. The largest absolute Gasteiger partial charge is 0.348 e. The smallest absolute Gasteiger partial charge is 0.229 e. The monoisotopic (exact) mass is 139 g/mol. The number of carbonyl (C=O) groups is 1. The van der Waals surface area contributed by atoms with Gasteiger partial charge in [0.05, 0.1) is 5.92 Å². The number of nitrogens with zero attached hydrogens (tertiary/aromatic N) is 1. The molecule has 0 saturated carbocycles. The van der Waals surface area contributed by atoms with E-state index in [1.165, 1.54) is 0 Å². The van der Waals surface area contributed by atoms with Crippen molar-refractivity contribution in [2.45, 2.75) is 6.92 Å². The van der Waals surface area contributed by atoms with Gasteiger partial charge in [0.15, 0.2) is 0 Å². The second kappa shape index (κ2) is 3.91. The Labute approximate surface area is 61.8 Å². The molecule has 2 nitrogen and oxygen atoms in total. The number of hydrogen-bond donors (Lipinski definition) is 0. The van der Waals surface area contributed by atoms with Gasteiger partial charge in [-0.05, 0) is 13.0 Å². The fraction of sp³-hybridized carbons (Fsp3) is 0.500. The Hall–Kier alpha value is -1.01. The number of amides is 1. The lowest BCUT2D eigenvalue weighted by Gasteiger charge is -2.12. The van der Waals surface area contributed by atoms with Crippen LogP contribution in [0, 0.1) is 5.92 Å². The standard InChI is InChI=1S/C8H13NO/c1-5-6-7(2)8(10)9(3)4/h6-7H,1H2,2-4H3.